The first-order valence-corrected chi connectivity index (χ1v) is 7.57. The van der Waals surface area contributed by atoms with Crippen molar-refractivity contribution in [3.8, 4) is 0 Å². The molecular formula is C14H9BrFN3OS. The number of nitrogens with two attached hydrogens (primary N) is 1. The predicted molar refractivity (Wildman–Crippen MR) is 86.1 cm³/mol. The zero-order valence-electron chi connectivity index (χ0n) is 10.6. The van der Waals surface area contributed by atoms with Crippen LogP contribution in [0.15, 0.2) is 41.0 Å². The monoisotopic (exact) mass is 365 g/mol. The zero-order valence-corrected chi connectivity index (χ0v) is 13.0. The molecule has 3 rings (SSSR count). The van der Waals surface area contributed by atoms with Crippen LogP contribution in [0.4, 0.5) is 15.8 Å². The van der Waals surface area contributed by atoms with Gasteiger partial charge in [0.15, 0.2) is 0 Å². The molecule has 3 aromatic rings. The number of nitrogens with one attached hydrogen (secondary N) is 1. The summed E-state index contributed by atoms with van der Waals surface area (Å²) < 4.78 is 14.2. The largest absolute Gasteiger partial charge is 0.397 e. The smallest absolute Gasteiger partial charge is 0.268 e. The minimum absolute atomic E-state index is 0.0901. The molecule has 2 aromatic heterocycles. The topological polar surface area (TPSA) is 68.0 Å². The van der Waals surface area contributed by atoms with Gasteiger partial charge in [-0.3, -0.25) is 4.79 Å². The van der Waals surface area contributed by atoms with Crippen LogP contribution in [0, 0.1) is 5.82 Å². The van der Waals surface area contributed by atoms with Gasteiger partial charge in [0.25, 0.3) is 5.91 Å². The van der Waals surface area contributed by atoms with E-state index in [-0.39, 0.29) is 5.69 Å². The second-order valence-corrected chi connectivity index (χ2v) is 6.11. The highest BCUT2D eigenvalue weighted by molar-refractivity contribution is 9.10. The summed E-state index contributed by atoms with van der Waals surface area (Å²) in [5, 5.41) is 3.26. The number of carbonyl (C=O) groups excluding carboxylic acids is 1. The number of halogens is 2. The Morgan fingerprint density at radius 1 is 1.33 bits per heavy atom. The third kappa shape index (κ3) is 2.50. The van der Waals surface area contributed by atoms with Crippen LogP contribution in [0.3, 0.4) is 0 Å². The Morgan fingerprint density at radius 3 is 2.86 bits per heavy atom. The Labute approximate surface area is 131 Å². The molecule has 0 unspecified atom stereocenters. The Hall–Kier alpha value is -1.99. The third-order valence-corrected chi connectivity index (χ3v) is 4.70. The number of amides is 1. The second-order valence-electron chi connectivity index (χ2n) is 4.25. The highest BCUT2D eigenvalue weighted by atomic mass is 79.9. The molecule has 2 heterocycles. The molecule has 0 aliphatic heterocycles. The zero-order chi connectivity index (χ0) is 15.0. The highest BCUT2D eigenvalue weighted by Gasteiger charge is 2.19. The van der Waals surface area contributed by atoms with E-state index in [4.69, 9.17) is 5.73 Å². The van der Waals surface area contributed by atoms with Crippen LogP contribution in [0.5, 0.6) is 0 Å². The maximum atomic E-state index is 13.7. The number of pyridine rings is 1. The molecule has 0 atom stereocenters. The summed E-state index contributed by atoms with van der Waals surface area (Å²) in [7, 11) is 0. The standard InChI is InChI=1S/C14H9BrFN3OS/c15-8-4-1-5-9(16)11(8)19-13(20)12-10(17)7-3-2-6-18-14(7)21-12/h1-6H,17H2,(H,19,20). The number of nitrogens with zero attached hydrogens (tertiary/aromatic N) is 1. The molecule has 0 aliphatic carbocycles. The van der Waals surface area contributed by atoms with Gasteiger partial charge >= 0.3 is 0 Å². The molecule has 7 heteroatoms. The molecule has 0 radical (unpaired) electrons. The maximum absolute atomic E-state index is 13.7. The summed E-state index contributed by atoms with van der Waals surface area (Å²) in [4.78, 5) is 17.5. The number of nitrogen functional groups attached to an aromatic ring is 1. The van der Waals surface area contributed by atoms with Crippen molar-refractivity contribution in [3.63, 3.8) is 0 Å². The van der Waals surface area contributed by atoms with E-state index >= 15 is 0 Å². The van der Waals surface area contributed by atoms with E-state index in [0.29, 0.717) is 19.9 Å². The number of para-hydroxylation sites is 1. The Balaban J connectivity index is 2.00. The summed E-state index contributed by atoms with van der Waals surface area (Å²) in [6, 6.07) is 8.02. The number of aromatic nitrogens is 1. The molecule has 106 valence electrons. The summed E-state index contributed by atoms with van der Waals surface area (Å²) in [5.41, 5.74) is 6.42. The van der Waals surface area contributed by atoms with Gasteiger partial charge in [-0.2, -0.15) is 0 Å². The van der Waals surface area contributed by atoms with Gasteiger partial charge in [-0.25, -0.2) is 9.37 Å². The van der Waals surface area contributed by atoms with Gasteiger partial charge in [-0.15, -0.1) is 11.3 Å². The van der Waals surface area contributed by atoms with Gasteiger partial charge in [-0.05, 0) is 40.2 Å². The van der Waals surface area contributed by atoms with Crippen LogP contribution in [0.25, 0.3) is 10.2 Å². The number of fused-ring (bicyclic) bond motifs is 1. The van der Waals surface area contributed by atoms with E-state index in [0.717, 1.165) is 5.39 Å². The molecule has 0 saturated carbocycles. The highest BCUT2D eigenvalue weighted by Crippen LogP contribution is 2.33. The van der Waals surface area contributed by atoms with Gasteiger partial charge in [0, 0.05) is 16.1 Å². The Bertz CT molecular complexity index is 829. The number of thiophene rings is 1. The van der Waals surface area contributed by atoms with Crippen molar-refractivity contribution >= 4 is 54.8 Å². The van der Waals surface area contributed by atoms with Gasteiger partial charge in [-0.1, -0.05) is 6.07 Å². The van der Waals surface area contributed by atoms with Crippen molar-refractivity contribution in [1.29, 1.82) is 0 Å². The number of benzene rings is 1. The van der Waals surface area contributed by atoms with Crippen molar-refractivity contribution in [3.05, 3.63) is 51.7 Å². The summed E-state index contributed by atoms with van der Waals surface area (Å²) in [5.74, 6) is -0.975. The average molecular weight is 366 g/mol. The minimum Gasteiger partial charge on any atom is -0.397 e. The van der Waals surface area contributed by atoms with E-state index in [9.17, 15) is 9.18 Å². The number of rotatable bonds is 2. The molecule has 4 nitrogen and oxygen atoms in total. The van der Waals surface area contributed by atoms with Crippen molar-refractivity contribution in [1.82, 2.24) is 4.98 Å². The van der Waals surface area contributed by atoms with Crippen molar-refractivity contribution in [2.45, 2.75) is 0 Å². The van der Waals surface area contributed by atoms with Crippen LogP contribution >= 0.6 is 27.3 Å². The number of hydrogen-bond donors (Lipinski definition) is 2. The lowest BCUT2D eigenvalue weighted by Crippen LogP contribution is -2.13. The van der Waals surface area contributed by atoms with Crippen molar-refractivity contribution in [2.24, 2.45) is 0 Å². The fourth-order valence-electron chi connectivity index (χ4n) is 1.91. The average Bonchev–Trinajstić information content (AvgIpc) is 2.81. The number of anilines is 2. The number of carbonyl (C=O) groups is 1. The van der Waals surface area contributed by atoms with E-state index in [1.54, 1.807) is 30.5 Å². The fourth-order valence-corrected chi connectivity index (χ4v) is 3.31. The lowest BCUT2D eigenvalue weighted by atomic mass is 10.2. The molecule has 21 heavy (non-hydrogen) atoms. The summed E-state index contributed by atoms with van der Waals surface area (Å²) in [6.45, 7) is 0. The molecule has 3 N–H and O–H groups in total. The van der Waals surface area contributed by atoms with Crippen molar-refractivity contribution < 1.29 is 9.18 Å². The van der Waals surface area contributed by atoms with Crippen LogP contribution in [0.1, 0.15) is 9.67 Å². The molecule has 0 bridgehead atoms. The molecule has 1 amide bonds. The molecule has 0 aliphatic rings. The summed E-state index contributed by atoms with van der Waals surface area (Å²) in [6.07, 6.45) is 1.63. The van der Waals surface area contributed by atoms with Gasteiger partial charge < -0.3 is 11.1 Å². The van der Waals surface area contributed by atoms with Gasteiger partial charge in [0.1, 0.15) is 15.5 Å². The van der Waals surface area contributed by atoms with Crippen molar-refractivity contribution in [2.75, 3.05) is 11.1 Å². The lowest BCUT2D eigenvalue weighted by Gasteiger charge is -2.07. The normalized spacial score (nSPS) is 10.8. The summed E-state index contributed by atoms with van der Waals surface area (Å²) >= 11 is 4.38. The van der Waals surface area contributed by atoms with Crippen LogP contribution < -0.4 is 11.1 Å². The van der Waals surface area contributed by atoms with E-state index in [1.165, 1.54) is 17.4 Å². The van der Waals surface area contributed by atoms with Crippen LogP contribution in [0.2, 0.25) is 0 Å². The first-order chi connectivity index (χ1) is 10.1. The van der Waals surface area contributed by atoms with Gasteiger partial charge in [0.05, 0.1) is 11.4 Å². The molecule has 1 aromatic carbocycles. The first kappa shape index (κ1) is 14.0. The molecule has 0 fully saturated rings. The third-order valence-electron chi connectivity index (χ3n) is 2.91. The Kier molecular flexibility index (Phi) is 3.60. The predicted octanol–water partition coefficient (Wildman–Crippen LogP) is 4.03. The molecule has 0 saturated heterocycles. The Morgan fingerprint density at radius 2 is 2.14 bits per heavy atom. The maximum Gasteiger partial charge on any atom is 0.268 e. The quantitative estimate of drug-likeness (QED) is 0.720. The van der Waals surface area contributed by atoms with E-state index in [1.807, 2.05) is 0 Å². The van der Waals surface area contributed by atoms with E-state index < -0.39 is 11.7 Å². The SMILES string of the molecule is Nc1c(C(=O)Nc2c(F)cccc2Br)sc2ncccc12. The first-order valence-electron chi connectivity index (χ1n) is 5.96. The lowest BCUT2D eigenvalue weighted by molar-refractivity contribution is 0.103. The van der Waals surface area contributed by atoms with E-state index in [2.05, 4.69) is 26.2 Å². The molecule has 0 spiro atoms. The van der Waals surface area contributed by atoms with Crippen LogP contribution in [-0.4, -0.2) is 10.9 Å². The second kappa shape index (κ2) is 5.42. The molecular weight excluding hydrogens is 357 g/mol. The number of hydrogen-bond acceptors (Lipinski definition) is 4. The minimum atomic E-state index is -0.518. The van der Waals surface area contributed by atoms with Crippen LogP contribution in [-0.2, 0) is 0 Å². The fraction of sp³-hybridized carbons (Fsp3) is 0. The van der Waals surface area contributed by atoms with Gasteiger partial charge in [0.2, 0.25) is 0 Å².